The Balaban J connectivity index is 2.52. The Morgan fingerprint density at radius 2 is 1.95 bits per heavy atom. The number of rotatable bonds is 6. The second kappa shape index (κ2) is 7.70. The molecule has 1 N–H and O–H groups in total. The quantitative estimate of drug-likeness (QED) is 0.740. The van der Waals surface area contributed by atoms with E-state index in [2.05, 4.69) is 51.9 Å². The minimum absolute atomic E-state index is 0.133. The third-order valence-electron chi connectivity index (χ3n) is 3.18. The fourth-order valence-electron chi connectivity index (χ4n) is 1.90. The summed E-state index contributed by atoms with van der Waals surface area (Å²) in [6, 6.07) is 10.2. The molecule has 5 heteroatoms. The average Bonchev–Trinajstić information content (AvgIpc) is 2.54. The first-order valence-corrected chi connectivity index (χ1v) is 8.14. The first-order valence-electron chi connectivity index (χ1n) is 7.06. The molecule has 2 aromatic rings. The lowest BCUT2D eigenvalue weighted by Gasteiger charge is -2.15. The van der Waals surface area contributed by atoms with Gasteiger partial charge in [0.1, 0.15) is 11.9 Å². The summed E-state index contributed by atoms with van der Waals surface area (Å²) < 4.78 is 6.41. The summed E-state index contributed by atoms with van der Waals surface area (Å²) in [6.07, 6.45) is 0.919. The van der Waals surface area contributed by atoms with Crippen molar-refractivity contribution in [1.29, 1.82) is 0 Å². The van der Waals surface area contributed by atoms with Crippen molar-refractivity contribution in [3.8, 4) is 11.3 Å². The largest absolute Gasteiger partial charge is 0.374 e. The summed E-state index contributed by atoms with van der Waals surface area (Å²) in [5, 5.41) is 3.38. The summed E-state index contributed by atoms with van der Waals surface area (Å²) >= 11 is 2.31. The number of hydrogen-bond acceptors (Lipinski definition) is 4. The van der Waals surface area contributed by atoms with Gasteiger partial charge < -0.3 is 10.1 Å². The normalized spacial score (nSPS) is 12.2. The fourth-order valence-corrected chi connectivity index (χ4v) is 2.64. The number of nitrogens with zero attached hydrogens (tertiary/aromatic N) is 2. The van der Waals surface area contributed by atoms with Gasteiger partial charge >= 0.3 is 0 Å². The molecular formula is C16H20IN3O. The third kappa shape index (κ3) is 3.91. The van der Waals surface area contributed by atoms with E-state index in [1.807, 2.05) is 25.1 Å². The van der Waals surface area contributed by atoms with Crippen molar-refractivity contribution in [2.24, 2.45) is 0 Å². The molecule has 0 spiro atoms. The minimum atomic E-state index is -0.133. The highest BCUT2D eigenvalue weighted by Crippen LogP contribution is 2.29. The number of aromatic nitrogens is 2. The van der Waals surface area contributed by atoms with Crippen LogP contribution in [-0.2, 0) is 4.74 Å². The maximum absolute atomic E-state index is 5.37. The van der Waals surface area contributed by atoms with Crippen LogP contribution in [0.15, 0.2) is 30.3 Å². The third-order valence-corrected chi connectivity index (χ3v) is 4.20. The second-order valence-electron chi connectivity index (χ2n) is 4.76. The van der Waals surface area contributed by atoms with E-state index in [0.29, 0.717) is 5.82 Å². The molecule has 1 heterocycles. The highest BCUT2D eigenvalue weighted by molar-refractivity contribution is 14.1. The zero-order chi connectivity index (χ0) is 15.2. The van der Waals surface area contributed by atoms with Crippen LogP contribution < -0.4 is 5.32 Å². The number of benzene rings is 1. The van der Waals surface area contributed by atoms with Gasteiger partial charge in [-0.1, -0.05) is 37.3 Å². The van der Waals surface area contributed by atoms with Gasteiger partial charge in [0.05, 0.1) is 9.26 Å². The van der Waals surface area contributed by atoms with Gasteiger partial charge in [0.25, 0.3) is 0 Å². The zero-order valence-electron chi connectivity index (χ0n) is 12.6. The molecule has 4 nitrogen and oxygen atoms in total. The van der Waals surface area contributed by atoms with Crippen LogP contribution in [0.5, 0.6) is 0 Å². The van der Waals surface area contributed by atoms with Crippen LogP contribution in [0.3, 0.4) is 0 Å². The lowest BCUT2D eigenvalue weighted by Crippen LogP contribution is -2.11. The number of nitrogens with one attached hydrogen (secondary N) is 1. The predicted octanol–water partition coefficient (Wildman–Crippen LogP) is 4.28. The monoisotopic (exact) mass is 397 g/mol. The average molecular weight is 397 g/mol. The van der Waals surface area contributed by atoms with Gasteiger partial charge in [0.2, 0.25) is 0 Å². The Morgan fingerprint density at radius 1 is 1.24 bits per heavy atom. The topological polar surface area (TPSA) is 47.0 Å². The van der Waals surface area contributed by atoms with Crippen molar-refractivity contribution < 1.29 is 4.74 Å². The standard InChI is InChI=1S/C16H20IN3O/c1-4-10-18-16-13(17)14(12-8-6-5-7-9-12)19-15(20-16)11(2)21-3/h5-9,11H,4,10H2,1-3H3,(H,18,19,20). The van der Waals surface area contributed by atoms with Crippen molar-refractivity contribution in [3.05, 3.63) is 39.7 Å². The van der Waals surface area contributed by atoms with Crippen LogP contribution in [0.1, 0.15) is 32.2 Å². The number of hydrogen-bond donors (Lipinski definition) is 1. The van der Waals surface area contributed by atoms with Crippen molar-refractivity contribution in [2.75, 3.05) is 19.0 Å². The smallest absolute Gasteiger partial charge is 0.159 e. The Morgan fingerprint density at radius 3 is 2.57 bits per heavy atom. The zero-order valence-corrected chi connectivity index (χ0v) is 14.7. The highest BCUT2D eigenvalue weighted by atomic mass is 127. The molecule has 0 saturated heterocycles. The maximum Gasteiger partial charge on any atom is 0.159 e. The fraction of sp³-hybridized carbons (Fsp3) is 0.375. The molecule has 0 aliphatic heterocycles. The molecule has 0 bridgehead atoms. The molecule has 0 aliphatic carbocycles. The van der Waals surface area contributed by atoms with Crippen molar-refractivity contribution in [1.82, 2.24) is 9.97 Å². The Labute approximate surface area is 139 Å². The van der Waals surface area contributed by atoms with Gasteiger partial charge in [0.15, 0.2) is 5.82 Å². The van der Waals surface area contributed by atoms with E-state index >= 15 is 0 Å². The molecule has 112 valence electrons. The van der Waals surface area contributed by atoms with Crippen molar-refractivity contribution in [2.45, 2.75) is 26.4 Å². The van der Waals surface area contributed by atoms with Crippen LogP contribution in [0.25, 0.3) is 11.3 Å². The van der Waals surface area contributed by atoms with Gasteiger partial charge in [-0.2, -0.15) is 0 Å². The molecule has 2 rings (SSSR count). The first-order chi connectivity index (χ1) is 10.2. The summed E-state index contributed by atoms with van der Waals surface area (Å²) in [4.78, 5) is 9.31. The van der Waals surface area contributed by atoms with E-state index in [1.165, 1.54) is 0 Å². The second-order valence-corrected chi connectivity index (χ2v) is 5.84. The summed E-state index contributed by atoms with van der Waals surface area (Å²) in [7, 11) is 1.67. The van der Waals surface area contributed by atoms with Gasteiger partial charge in [-0.15, -0.1) is 0 Å². The Hall–Kier alpha value is -1.21. The van der Waals surface area contributed by atoms with Gasteiger partial charge in [-0.3, -0.25) is 0 Å². The van der Waals surface area contributed by atoms with Crippen LogP contribution >= 0.6 is 22.6 Å². The van der Waals surface area contributed by atoms with Crippen molar-refractivity contribution in [3.63, 3.8) is 0 Å². The van der Waals surface area contributed by atoms with Crippen LogP contribution in [-0.4, -0.2) is 23.6 Å². The van der Waals surface area contributed by atoms with E-state index in [-0.39, 0.29) is 6.10 Å². The van der Waals surface area contributed by atoms with Gasteiger partial charge in [-0.05, 0) is 35.9 Å². The van der Waals surface area contributed by atoms with E-state index in [9.17, 15) is 0 Å². The molecule has 0 saturated carbocycles. The molecule has 1 atom stereocenters. The number of anilines is 1. The maximum atomic E-state index is 5.37. The van der Waals surface area contributed by atoms with Gasteiger partial charge in [0, 0.05) is 19.2 Å². The molecule has 21 heavy (non-hydrogen) atoms. The van der Waals surface area contributed by atoms with Gasteiger partial charge in [-0.25, -0.2) is 9.97 Å². The van der Waals surface area contributed by atoms with Crippen molar-refractivity contribution >= 4 is 28.4 Å². The molecule has 1 aromatic carbocycles. The molecule has 0 aliphatic rings. The molecular weight excluding hydrogens is 377 g/mol. The number of halogens is 1. The molecule has 0 amide bonds. The molecule has 0 fully saturated rings. The Kier molecular flexibility index (Phi) is 5.93. The van der Waals surface area contributed by atoms with E-state index in [4.69, 9.17) is 9.72 Å². The molecule has 1 aromatic heterocycles. The van der Waals surface area contributed by atoms with E-state index in [1.54, 1.807) is 7.11 Å². The summed E-state index contributed by atoms with van der Waals surface area (Å²) in [6.45, 7) is 4.99. The Bertz CT molecular complexity index is 590. The summed E-state index contributed by atoms with van der Waals surface area (Å²) in [5.74, 6) is 1.58. The summed E-state index contributed by atoms with van der Waals surface area (Å²) in [5.41, 5.74) is 2.04. The lowest BCUT2D eigenvalue weighted by molar-refractivity contribution is 0.112. The molecule has 1 unspecified atom stereocenters. The lowest BCUT2D eigenvalue weighted by atomic mass is 10.1. The SMILES string of the molecule is CCCNc1nc(C(C)OC)nc(-c2ccccc2)c1I. The van der Waals surface area contributed by atoms with Crippen LogP contribution in [0.4, 0.5) is 5.82 Å². The number of methoxy groups -OCH3 is 1. The predicted molar refractivity (Wildman–Crippen MR) is 94.4 cm³/mol. The van der Waals surface area contributed by atoms with E-state index in [0.717, 1.165) is 33.6 Å². The highest BCUT2D eigenvalue weighted by Gasteiger charge is 2.16. The van der Waals surface area contributed by atoms with Crippen LogP contribution in [0, 0.1) is 3.57 Å². The first kappa shape index (κ1) is 16.2. The number of ether oxygens (including phenoxy) is 1. The minimum Gasteiger partial charge on any atom is -0.374 e. The molecule has 0 radical (unpaired) electrons. The van der Waals surface area contributed by atoms with E-state index < -0.39 is 0 Å². The van der Waals surface area contributed by atoms with Crippen LogP contribution in [0.2, 0.25) is 0 Å².